The lowest BCUT2D eigenvalue weighted by Crippen LogP contribution is -2.69. The van der Waals surface area contributed by atoms with E-state index in [1.807, 2.05) is 29.9 Å². The van der Waals surface area contributed by atoms with Crippen LogP contribution in [-0.2, 0) is 15.1 Å². The molecule has 5 aliphatic rings. The van der Waals surface area contributed by atoms with Crippen LogP contribution in [0.15, 0.2) is 18.3 Å². The van der Waals surface area contributed by atoms with Crippen LogP contribution in [0.25, 0.3) is 6.08 Å². The Bertz CT molecular complexity index is 1240. The number of aromatic nitrogens is 3. The molecule has 9 nitrogen and oxygen atoms in total. The van der Waals surface area contributed by atoms with Gasteiger partial charge in [-0.15, -0.1) is 0 Å². The van der Waals surface area contributed by atoms with E-state index in [1.54, 1.807) is 7.11 Å². The lowest BCUT2D eigenvalue weighted by molar-refractivity contribution is -0.119. The summed E-state index contributed by atoms with van der Waals surface area (Å²) in [5, 5.41) is 8.03. The molecular formula is C27H35F2N7O2. The monoisotopic (exact) mass is 527 g/mol. The lowest BCUT2D eigenvalue weighted by Gasteiger charge is -2.55. The molecule has 3 saturated heterocycles. The number of alkyl halides is 2. The molecule has 0 saturated carbocycles. The van der Waals surface area contributed by atoms with Crippen LogP contribution in [0, 0.1) is 6.92 Å². The fourth-order valence-corrected chi connectivity index (χ4v) is 7.04. The van der Waals surface area contributed by atoms with Crippen LogP contribution >= 0.6 is 0 Å². The summed E-state index contributed by atoms with van der Waals surface area (Å²) in [6.45, 7) is 9.11. The third-order valence-corrected chi connectivity index (χ3v) is 8.96. The topological polar surface area (TPSA) is 70.9 Å². The summed E-state index contributed by atoms with van der Waals surface area (Å²) in [4.78, 5) is 11.4. The molecule has 0 amide bonds. The highest BCUT2D eigenvalue weighted by Gasteiger charge is 2.53. The van der Waals surface area contributed by atoms with Gasteiger partial charge in [-0.2, -0.15) is 5.10 Å². The molecule has 5 aliphatic heterocycles. The molecule has 0 bridgehead atoms. The van der Waals surface area contributed by atoms with E-state index in [1.165, 1.54) is 0 Å². The largest absolute Gasteiger partial charge is 0.382 e. The van der Waals surface area contributed by atoms with Crippen molar-refractivity contribution in [2.24, 2.45) is 0 Å². The molecule has 2 aromatic rings. The number of ether oxygens (including phenoxy) is 2. The van der Waals surface area contributed by atoms with Gasteiger partial charge in [-0.05, 0) is 18.9 Å². The number of fused-ring (bicyclic) bond motifs is 5. The number of nitrogens with one attached hydrogen (secondary N) is 1. The van der Waals surface area contributed by atoms with E-state index in [4.69, 9.17) is 9.47 Å². The maximum absolute atomic E-state index is 14.3. The van der Waals surface area contributed by atoms with Crippen molar-refractivity contribution < 1.29 is 18.3 Å². The number of halogens is 2. The first-order valence-electron chi connectivity index (χ1n) is 13.6. The maximum Gasteiger partial charge on any atom is 0.281 e. The van der Waals surface area contributed by atoms with Gasteiger partial charge >= 0.3 is 0 Å². The van der Waals surface area contributed by atoms with Gasteiger partial charge < -0.3 is 24.6 Å². The van der Waals surface area contributed by atoms with Crippen molar-refractivity contribution >= 4 is 17.6 Å². The molecule has 7 rings (SSSR count). The Balaban J connectivity index is 1.18. The van der Waals surface area contributed by atoms with Crippen LogP contribution in [0.4, 0.5) is 20.3 Å². The summed E-state index contributed by atoms with van der Waals surface area (Å²) >= 11 is 0. The average molecular weight is 528 g/mol. The summed E-state index contributed by atoms with van der Waals surface area (Å²) in [6, 6.07) is 2.79. The standard InChI is InChI=1S/C27H35F2N7O2/c1-17-11-31-36-18(13-37-2)14-38-27(25(17)36)15-34(16-27)23-10-21-19(24(32-23)26(28)29)4-3-5-20-22(12-35(20)21)33-8-6-30-7-9-33/h3-4,10-11,18,20,22,26,30H,5-9,12-16H2,1-2H3/t18-,20?,22+/m0/s1. The van der Waals surface area contributed by atoms with Crippen molar-refractivity contribution in [2.75, 3.05) is 75.9 Å². The van der Waals surface area contributed by atoms with Crippen LogP contribution < -0.4 is 15.1 Å². The van der Waals surface area contributed by atoms with Crippen molar-refractivity contribution in [1.82, 2.24) is 25.0 Å². The second-order valence-corrected chi connectivity index (χ2v) is 11.2. The molecule has 0 aromatic carbocycles. The van der Waals surface area contributed by atoms with Crippen LogP contribution in [0.3, 0.4) is 0 Å². The van der Waals surface area contributed by atoms with E-state index >= 15 is 0 Å². The van der Waals surface area contributed by atoms with Crippen molar-refractivity contribution in [3.05, 3.63) is 40.9 Å². The fourth-order valence-electron chi connectivity index (χ4n) is 7.04. The lowest BCUT2D eigenvalue weighted by atomic mass is 9.86. The van der Waals surface area contributed by atoms with Gasteiger partial charge in [0.2, 0.25) is 0 Å². The predicted molar refractivity (Wildman–Crippen MR) is 140 cm³/mol. The van der Waals surface area contributed by atoms with Crippen molar-refractivity contribution in [2.45, 2.75) is 43.5 Å². The highest BCUT2D eigenvalue weighted by molar-refractivity contribution is 5.76. The van der Waals surface area contributed by atoms with E-state index in [-0.39, 0.29) is 11.7 Å². The third kappa shape index (κ3) is 3.70. The second kappa shape index (κ2) is 9.25. The Hall–Kier alpha value is -2.60. The molecular weight excluding hydrogens is 492 g/mol. The first-order valence-corrected chi connectivity index (χ1v) is 13.6. The Morgan fingerprint density at radius 1 is 1.24 bits per heavy atom. The van der Waals surface area contributed by atoms with Crippen LogP contribution in [0.2, 0.25) is 0 Å². The van der Waals surface area contributed by atoms with Gasteiger partial charge in [-0.3, -0.25) is 9.58 Å². The maximum atomic E-state index is 14.3. The van der Waals surface area contributed by atoms with E-state index in [2.05, 4.69) is 36.2 Å². The summed E-state index contributed by atoms with van der Waals surface area (Å²) in [7, 11) is 1.68. The summed E-state index contributed by atoms with van der Waals surface area (Å²) in [5.74, 6) is 0.593. The Morgan fingerprint density at radius 3 is 2.82 bits per heavy atom. The number of anilines is 2. The molecule has 204 valence electrons. The van der Waals surface area contributed by atoms with Crippen molar-refractivity contribution in [3.63, 3.8) is 0 Å². The van der Waals surface area contributed by atoms with Gasteiger partial charge in [0.15, 0.2) is 0 Å². The molecule has 7 heterocycles. The van der Waals surface area contributed by atoms with Gasteiger partial charge in [-0.1, -0.05) is 12.2 Å². The van der Waals surface area contributed by atoms with Crippen LogP contribution in [-0.4, -0.2) is 97.9 Å². The minimum Gasteiger partial charge on any atom is -0.382 e. The number of rotatable bonds is 5. The zero-order valence-electron chi connectivity index (χ0n) is 21.9. The first-order chi connectivity index (χ1) is 18.5. The fraction of sp³-hybridized carbons (Fsp3) is 0.630. The van der Waals surface area contributed by atoms with Gasteiger partial charge in [0, 0.05) is 63.5 Å². The number of nitrogens with zero attached hydrogens (tertiary/aromatic N) is 6. The molecule has 38 heavy (non-hydrogen) atoms. The van der Waals surface area contributed by atoms with Crippen LogP contribution in [0.5, 0.6) is 0 Å². The zero-order chi connectivity index (χ0) is 26.0. The van der Waals surface area contributed by atoms with Gasteiger partial charge in [0.25, 0.3) is 6.43 Å². The number of pyridine rings is 1. The Kier molecular flexibility index (Phi) is 5.95. The van der Waals surface area contributed by atoms with E-state index in [9.17, 15) is 8.78 Å². The predicted octanol–water partition coefficient (Wildman–Crippen LogP) is 2.34. The molecule has 0 radical (unpaired) electrons. The number of piperazine rings is 1. The van der Waals surface area contributed by atoms with Crippen LogP contribution in [0.1, 0.15) is 41.4 Å². The average Bonchev–Trinajstić information content (AvgIpc) is 3.22. The third-order valence-electron chi connectivity index (χ3n) is 8.96. The second-order valence-electron chi connectivity index (χ2n) is 11.2. The zero-order valence-corrected chi connectivity index (χ0v) is 21.9. The van der Waals surface area contributed by atoms with Gasteiger partial charge in [0.05, 0.1) is 49.9 Å². The summed E-state index contributed by atoms with van der Waals surface area (Å²) in [6.07, 6.45) is 4.00. The highest BCUT2D eigenvalue weighted by Crippen LogP contribution is 2.46. The Morgan fingerprint density at radius 2 is 2.05 bits per heavy atom. The molecule has 1 N–H and O–H groups in total. The van der Waals surface area contributed by atoms with Gasteiger partial charge in [0.1, 0.15) is 17.1 Å². The van der Waals surface area contributed by atoms with E-state index < -0.39 is 12.0 Å². The van der Waals surface area contributed by atoms with Crippen molar-refractivity contribution in [3.8, 4) is 0 Å². The molecule has 3 atom stereocenters. The number of aryl methyl sites for hydroxylation is 1. The normalized spacial score (nSPS) is 28.0. The molecule has 1 spiro atoms. The Labute approximate surface area is 221 Å². The smallest absolute Gasteiger partial charge is 0.281 e. The highest BCUT2D eigenvalue weighted by atomic mass is 19.3. The first kappa shape index (κ1) is 24.4. The van der Waals surface area contributed by atoms with E-state index in [0.29, 0.717) is 49.8 Å². The number of hydrogen-bond acceptors (Lipinski definition) is 8. The minimum absolute atomic E-state index is 0.0261. The summed E-state index contributed by atoms with van der Waals surface area (Å²) in [5.41, 5.74) is 2.91. The van der Waals surface area contributed by atoms with Gasteiger partial charge in [-0.25, -0.2) is 13.8 Å². The summed E-state index contributed by atoms with van der Waals surface area (Å²) < 4.78 is 42.5. The number of hydrogen-bond donors (Lipinski definition) is 1. The van der Waals surface area contributed by atoms with E-state index in [0.717, 1.165) is 56.1 Å². The quantitative estimate of drug-likeness (QED) is 0.636. The molecule has 2 aromatic heterocycles. The molecule has 1 unspecified atom stereocenters. The minimum atomic E-state index is -2.64. The van der Waals surface area contributed by atoms with Crippen molar-refractivity contribution in [1.29, 1.82) is 0 Å². The molecule has 3 fully saturated rings. The number of methoxy groups -OCH3 is 1. The molecule has 11 heteroatoms. The SMILES string of the molecule is COC[C@H]1COC2(CN(c3cc4c(c(C(F)F)n3)C=CCC3[C@H](N5CCNCC5)CN43)C2)c2c(C)cnn21. The molecule has 0 aliphatic carbocycles.